The van der Waals surface area contributed by atoms with Gasteiger partial charge in [-0.3, -0.25) is 0 Å². The number of aryl methyl sites for hydroxylation is 1. The molecule has 0 saturated heterocycles. The zero-order valence-corrected chi connectivity index (χ0v) is 22.6. The number of fused-ring (bicyclic) bond motifs is 1. The minimum absolute atomic E-state index is 0.0118. The van der Waals surface area contributed by atoms with E-state index in [0.717, 1.165) is 27.2 Å². The highest BCUT2D eigenvalue weighted by atomic mass is 35.5. The zero-order valence-electron chi connectivity index (χ0n) is 20.3. The lowest BCUT2D eigenvalue weighted by Gasteiger charge is -2.38. The normalized spacial score (nSPS) is 22.0. The van der Waals surface area contributed by atoms with Crippen LogP contribution in [0, 0.1) is 18.8 Å². The van der Waals surface area contributed by atoms with Gasteiger partial charge in [0, 0.05) is 23.7 Å². The molecule has 2 aromatic carbocycles. The third-order valence-corrected chi connectivity index (χ3v) is 8.89. The van der Waals surface area contributed by atoms with Crippen LogP contribution in [0.15, 0.2) is 40.9 Å². The Morgan fingerprint density at radius 1 is 1.22 bits per heavy atom. The second-order valence-corrected chi connectivity index (χ2v) is 11.4. The minimum atomic E-state index is -0.959. The molecule has 10 heteroatoms. The van der Waals surface area contributed by atoms with Crippen molar-refractivity contribution >= 4 is 50.7 Å². The van der Waals surface area contributed by atoms with Crippen molar-refractivity contribution < 1.29 is 24.3 Å². The largest absolute Gasteiger partial charge is 0.478 e. The number of carbonyl (C=O) groups is 1. The highest BCUT2D eigenvalue weighted by Crippen LogP contribution is 2.45. The van der Waals surface area contributed by atoms with E-state index >= 15 is 0 Å². The number of benzene rings is 2. The van der Waals surface area contributed by atoms with Crippen LogP contribution in [0.1, 0.15) is 52.4 Å². The molecular weight excluding hydrogens is 535 g/mol. The van der Waals surface area contributed by atoms with Gasteiger partial charge in [-0.2, -0.15) is 0 Å². The number of aromatic nitrogens is 2. The fraction of sp³-hybridized carbons (Fsp3) is 0.370. The van der Waals surface area contributed by atoms with E-state index < -0.39 is 5.97 Å². The number of hydrogen-bond donors (Lipinski definition) is 2. The van der Waals surface area contributed by atoms with Crippen molar-refractivity contribution in [2.75, 3.05) is 6.61 Å². The summed E-state index contributed by atoms with van der Waals surface area (Å²) in [5, 5.41) is 25.7. The predicted molar refractivity (Wildman–Crippen MR) is 144 cm³/mol. The first kappa shape index (κ1) is 26.1. The quantitative estimate of drug-likeness (QED) is 0.251. The molecular formula is C27H26Cl2N2O5S. The molecule has 37 heavy (non-hydrogen) atoms. The van der Waals surface area contributed by atoms with Gasteiger partial charge in [-0.05, 0) is 61.9 Å². The smallest absolute Gasteiger partial charge is 0.335 e. The van der Waals surface area contributed by atoms with Gasteiger partial charge in [0.25, 0.3) is 0 Å². The van der Waals surface area contributed by atoms with Gasteiger partial charge in [0.2, 0.25) is 0 Å². The number of aliphatic hydroxyl groups excluding tert-OH is 1. The molecule has 0 bridgehead atoms. The number of carboxylic acids is 1. The van der Waals surface area contributed by atoms with Gasteiger partial charge >= 0.3 is 5.97 Å². The predicted octanol–water partition coefficient (Wildman–Crippen LogP) is 6.97. The summed E-state index contributed by atoms with van der Waals surface area (Å²) in [7, 11) is 0. The third-order valence-electron chi connectivity index (χ3n) is 7.14. The lowest BCUT2D eigenvalue weighted by atomic mass is 9.72. The maximum Gasteiger partial charge on any atom is 0.335 e. The SMILES string of the molecule is Cc1onc(-c2c(Cl)cccc2Cl)c1COC1CC(C)C(c2nc3ccc(C(=O)O)cc3s2)C(CO)C1. The number of hydrogen-bond acceptors (Lipinski definition) is 7. The highest BCUT2D eigenvalue weighted by molar-refractivity contribution is 7.18. The molecule has 1 aliphatic rings. The van der Waals surface area contributed by atoms with E-state index in [1.54, 1.807) is 36.4 Å². The van der Waals surface area contributed by atoms with Crippen molar-refractivity contribution in [1.29, 1.82) is 0 Å². The van der Waals surface area contributed by atoms with Crippen LogP contribution < -0.4 is 0 Å². The van der Waals surface area contributed by atoms with E-state index in [1.165, 1.54) is 11.3 Å². The van der Waals surface area contributed by atoms with Crippen molar-refractivity contribution in [1.82, 2.24) is 10.1 Å². The number of halogens is 2. The fourth-order valence-corrected chi connectivity index (χ4v) is 7.19. The summed E-state index contributed by atoms with van der Waals surface area (Å²) in [5.41, 5.74) is 3.01. The maximum atomic E-state index is 11.4. The van der Waals surface area contributed by atoms with E-state index in [-0.39, 0.29) is 42.6 Å². The van der Waals surface area contributed by atoms with Gasteiger partial charge < -0.3 is 19.5 Å². The molecule has 0 spiro atoms. The van der Waals surface area contributed by atoms with E-state index in [1.807, 2.05) is 6.92 Å². The van der Waals surface area contributed by atoms with Crippen LogP contribution in [0.5, 0.6) is 0 Å². The van der Waals surface area contributed by atoms with Crippen molar-refractivity contribution in [3.63, 3.8) is 0 Å². The van der Waals surface area contributed by atoms with Crippen LogP contribution in [-0.4, -0.2) is 39.0 Å². The molecule has 0 aliphatic heterocycles. The van der Waals surface area contributed by atoms with Gasteiger partial charge in [-0.15, -0.1) is 11.3 Å². The van der Waals surface area contributed by atoms with Gasteiger partial charge in [0.1, 0.15) is 11.5 Å². The van der Waals surface area contributed by atoms with Crippen LogP contribution in [0.4, 0.5) is 0 Å². The number of aromatic carboxylic acids is 1. The molecule has 194 valence electrons. The zero-order chi connectivity index (χ0) is 26.3. The average Bonchev–Trinajstić information content (AvgIpc) is 3.44. The summed E-state index contributed by atoms with van der Waals surface area (Å²) in [6.07, 6.45) is 1.40. The monoisotopic (exact) mass is 560 g/mol. The van der Waals surface area contributed by atoms with Crippen molar-refractivity contribution in [3.8, 4) is 11.3 Å². The summed E-state index contributed by atoms with van der Waals surface area (Å²) in [6.45, 7) is 4.28. The lowest BCUT2D eigenvalue weighted by Crippen LogP contribution is -2.35. The summed E-state index contributed by atoms with van der Waals surface area (Å²) < 4.78 is 12.7. The van der Waals surface area contributed by atoms with Crippen LogP contribution in [-0.2, 0) is 11.3 Å². The number of ether oxygens (including phenoxy) is 1. The molecule has 2 heterocycles. The number of nitrogens with zero attached hydrogens (tertiary/aromatic N) is 2. The molecule has 4 unspecified atom stereocenters. The Morgan fingerprint density at radius 3 is 2.68 bits per heavy atom. The number of rotatable bonds is 7. The summed E-state index contributed by atoms with van der Waals surface area (Å²) in [4.78, 5) is 16.2. The number of thiazole rings is 1. The van der Waals surface area contributed by atoms with Crippen molar-refractivity contribution in [3.05, 3.63) is 68.3 Å². The minimum Gasteiger partial charge on any atom is -0.478 e. The van der Waals surface area contributed by atoms with Crippen LogP contribution in [0.2, 0.25) is 10.0 Å². The molecule has 7 nitrogen and oxygen atoms in total. The Bertz CT molecular complexity index is 1430. The first-order valence-electron chi connectivity index (χ1n) is 12.0. The molecule has 1 fully saturated rings. The van der Waals surface area contributed by atoms with E-state index in [0.29, 0.717) is 33.5 Å². The van der Waals surface area contributed by atoms with Crippen molar-refractivity contribution in [2.24, 2.45) is 11.8 Å². The van der Waals surface area contributed by atoms with Crippen molar-refractivity contribution in [2.45, 2.75) is 45.3 Å². The topological polar surface area (TPSA) is 106 Å². The molecule has 0 amide bonds. The van der Waals surface area contributed by atoms with Gasteiger partial charge in [0.05, 0.1) is 43.5 Å². The molecule has 2 aromatic heterocycles. The first-order chi connectivity index (χ1) is 17.8. The maximum absolute atomic E-state index is 11.4. The number of carboxylic acid groups (broad SMARTS) is 1. The summed E-state index contributed by atoms with van der Waals surface area (Å²) in [6, 6.07) is 10.3. The highest BCUT2D eigenvalue weighted by Gasteiger charge is 2.38. The number of aliphatic hydroxyl groups is 1. The Hall–Kier alpha value is -2.49. The molecule has 4 atom stereocenters. The average molecular weight is 561 g/mol. The fourth-order valence-electron chi connectivity index (χ4n) is 5.28. The Morgan fingerprint density at radius 2 is 1.97 bits per heavy atom. The first-order valence-corrected chi connectivity index (χ1v) is 13.6. The van der Waals surface area contributed by atoms with E-state index in [4.69, 9.17) is 37.4 Å². The van der Waals surface area contributed by atoms with Crippen LogP contribution >= 0.6 is 34.5 Å². The molecule has 5 rings (SSSR count). The third kappa shape index (κ3) is 5.13. The standard InChI is InChI=1S/C27H26Cl2N2O5S/c1-13-8-17(35-12-18-14(2)36-31-25(18)24-19(28)4-3-5-20(24)29)9-16(11-32)23(13)26-30-21-7-6-15(27(33)34)10-22(21)37-26/h3-7,10,13,16-17,23,32H,8-9,11-12H2,1-2H3,(H,33,34). The Kier molecular flexibility index (Phi) is 7.56. The lowest BCUT2D eigenvalue weighted by molar-refractivity contribution is -0.0296. The molecule has 0 radical (unpaired) electrons. The van der Waals surface area contributed by atoms with Crippen LogP contribution in [0.3, 0.4) is 0 Å². The summed E-state index contributed by atoms with van der Waals surface area (Å²) >= 11 is 14.3. The second kappa shape index (κ2) is 10.7. The second-order valence-electron chi connectivity index (χ2n) is 9.55. The van der Waals surface area contributed by atoms with Gasteiger partial charge in [0.15, 0.2) is 0 Å². The molecule has 2 N–H and O–H groups in total. The molecule has 1 saturated carbocycles. The molecule has 1 aliphatic carbocycles. The van der Waals surface area contributed by atoms with Gasteiger partial charge in [-0.1, -0.05) is 41.3 Å². The Balaban J connectivity index is 1.33. The van der Waals surface area contributed by atoms with E-state index in [9.17, 15) is 15.0 Å². The van der Waals surface area contributed by atoms with Gasteiger partial charge in [-0.25, -0.2) is 9.78 Å². The summed E-state index contributed by atoms with van der Waals surface area (Å²) in [5.74, 6) is -0.0862. The molecule has 4 aromatic rings. The van der Waals surface area contributed by atoms with E-state index in [2.05, 4.69) is 12.1 Å². The Labute approximate surface area is 228 Å². The van der Waals surface area contributed by atoms with Crippen LogP contribution in [0.25, 0.3) is 21.5 Å².